The SMILES string of the molecule is CCC(C)c1ccc2oc(-c3ccc(NC(=O)c4cccc5c(Br)cccc45)cc3)nc2c1. The molecular formula is C28H23BrN2O2. The maximum Gasteiger partial charge on any atom is 0.256 e. The van der Waals surface area contributed by atoms with Gasteiger partial charge in [-0.25, -0.2) is 4.98 Å². The maximum absolute atomic E-state index is 13.0. The fourth-order valence-electron chi connectivity index (χ4n) is 3.97. The van der Waals surface area contributed by atoms with Crippen LogP contribution in [0.15, 0.2) is 87.8 Å². The average molecular weight is 499 g/mol. The first-order valence-corrected chi connectivity index (χ1v) is 11.8. The monoisotopic (exact) mass is 498 g/mol. The summed E-state index contributed by atoms with van der Waals surface area (Å²) in [6.07, 6.45) is 1.08. The van der Waals surface area contributed by atoms with Crippen molar-refractivity contribution >= 4 is 49.4 Å². The van der Waals surface area contributed by atoms with E-state index in [0.29, 0.717) is 23.1 Å². The zero-order chi connectivity index (χ0) is 22.9. The van der Waals surface area contributed by atoms with Gasteiger partial charge in [0.15, 0.2) is 5.58 Å². The van der Waals surface area contributed by atoms with Crippen LogP contribution in [0.4, 0.5) is 5.69 Å². The zero-order valence-corrected chi connectivity index (χ0v) is 20.0. The first-order chi connectivity index (χ1) is 16.0. The van der Waals surface area contributed by atoms with E-state index in [1.165, 1.54) is 5.56 Å². The summed E-state index contributed by atoms with van der Waals surface area (Å²) in [4.78, 5) is 17.6. The smallest absolute Gasteiger partial charge is 0.256 e. The van der Waals surface area contributed by atoms with Crippen LogP contribution in [0.25, 0.3) is 33.3 Å². The molecule has 5 aromatic rings. The second-order valence-electron chi connectivity index (χ2n) is 8.23. The molecule has 0 aliphatic carbocycles. The Bertz CT molecular complexity index is 1470. The summed E-state index contributed by atoms with van der Waals surface area (Å²) in [5.41, 5.74) is 5.12. The first-order valence-electron chi connectivity index (χ1n) is 11.0. The summed E-state index contributed by atoms with van der Waals surface area (Å²) in [6, 6.07) is 25.4. The molecule has 5 heteroatoms. The summed E-state index contributed by atoms with van der Waals surface area (Å²) < 4.78 is 6.94. The Balaban J connectivity index is 1.38. The topological polar surface area (TPSA) is 55.1 Å². The second-order valence-corrected chi connectivity index (χ2v) is 9.08. The highest BCUT2D eigenvalue weighted by molar-refractivity contribution is 9.10. The average Bonchev–Trinajstić information content (AvgIpc) is 3.27. The largest absolute Gasteiger partial charge is 0.436 e. The van der Waals surface area contributed by atoms with Crippen molar-refractivity contribution in [2.75, 3.05) is 5.32 Å². The number of aromatic nitrogens is 1. The third kappa shape index (κ3) is 4.16. The molecule has 0 aliphatic rings. The summed E-state index contributed by atoms with van der Waals surface area (Å²) >= 11 is 3.56. The number of nitrogens with zero attached hydrogens (tertiary/aromatic N) is 1. The van der Waals surface area contributed by atoms with Crippen LogP contribution in [0.2, 0.25) is 0 Å². The Morgan fingerprint density at radius 1 is 1.00 bits per heavy atom. The van der Waals surface area contributed by atoms with E-state index < -0.39 is 0 Å². The quantitative estimate of drug-likeness (QED) is 0.265. The van der Waals surface area contributed by atoms with Gasteiger partial charge in [0.1, 0.15) is 5.52 Å². The predicted molar refractivity (Wildman–Crippen MR) is 138 cm³/mol. The molecule has 5 rings (SSSR count). The van der Waals surface area contributed by atoms with E-state index in [1.54, 1.807) is 0 Å². The van der Waals surface area contributed by atoms with Crippen molar-refractivity contribution in [3.63, 3.8) is 0 Å². The fourth-order valence-corrected chi connectivity index (χ4v) is 4.47. The van der Waals surface area contributed by atoms with E-state index in [0.717, 1.165) is 38.3 Å². The third-order valence-corrected chi connectivity index (χ3v) is 6.79. The molecule has 0 spiro atoms. The lowest BCUT2D eigenvalue weighted by atomic mass is 9.98. The molecule has 1 N–H and O–H groups in total. The lowest BCUT2D eigenvalue weighted by molar-refractivity contribution is 0.102. The first kappa shape index (κ1) is 21.4. The summed E-state index contributed by atoms with van der Waals surface area (Å²) in [5, 5.41) is 4.91. The molecule has 1 amide bonds. The molecule has 0 radical (unpaired) electrons. The van der Waals surface area contributed by atoms with Crippen molar-refractivity contribution in [2.45, 2.75) is 26.2 Å². The Labute approximate surface area is 200 Å². The minimum Gasteiger partial charge on any atom is -0.436 e. The number of carbonyl (C=O) groups is 1. The number of halogens is 1. The number of oxazole rings is 1. The Morgan fingerprint density at radius 2 is 1.76 bits per heavy atom. The number of hydrogen-bond acceptors (Lipinski definition) is 3. The van der Waals surface area contributed by atoms with Crippen LogP contribution in [0.5, 0.6) is 0 Å². The highest BCUT2D eigenvalue weighted by Gasteiger charge is 2.13. The zero-order valence-electron chi connectivity index (χ0n) is 18.4. The van der Waals surface area contributed by atoms with E-state index in [-0.39, 0.29) is 5.91 Å². The minimum atomic E-state index is -0.147. The van der Waals surface area contributed by atoms with Gasteiger partial charge in [-0.05, 0) is 77.2 Å². The van der Waals surface area contributed by atoms with Crippen molar-refractivity contribution < 1.29 is 9.21 Å². The molecular weight excluding hydrogens is 476 g/mol. The molecule has 1 unspecified atom stereocenters. The molecule has 1 heterocycles. The molecule has 164 valence electrons. The van der Waals surface area contributed by atoms with Crippen molar-refractivity contribution in [1.29, 1.82) is 0 Å². The molecule has 0 saturated heterocycles. The van der Waals surface area contributed by atoms with E-state index in [2.05, 4.69) is 52.2 Å². The highest BCUT2D eigenvalue weighted by atomic mass is 79.9. The lowest BCUT2D eigenvalue weighted by Gasteiger charge is -2.09. The Morgan fingerprint density at radius 3 is 2.55 bits per heavy atom. The molecule has 0 fully saturated rings. The molecule has 1 aromatic heterocycles. The lowest BCUT2D eigenvalue weighted by Crippen LogP contribution is -2.12. The number of anilines is 1. The number of fused-ring (bicyclic) bond motifs is 2. The van der Waals surface area contributed by atoms with Gasteiger partial charge in [-0.1, -0.05) is 60.1 Å². The van der Waals surface area contributed by atoms with E-state index in [9.17, 15) is 4.79 Å². The number of nitrogens with one attached hydrogen (secondary N) is 1. The number of rotatable bonds is 5. The summed E-state index contributed by atoms with van der Waals surface area (Å²) in [7, 11) is 0. The van der Waals surface area contributed by atoms with Gasteiger partial charge in [-0.15, -0.1) is 0 Å². The Hall–Kier alpha value is -3.44. The van der Waals surface area contributed by atoms with Gasteiger partial charge in [0.05, 0.1) is 0 Å². The van der Waals surface area contributed by atoms with Gasteiger partial charge in [-0.2, -0.15) is 0 Å². The summed E-state index contributed by atoms with van der Waals surface area (Å²) in [6.45, 7) is 4.40. The number of amides is 1. The van der Waals surface area contributed by atoms with Crippen LogP contribution in [0.1, 0.15) is 42.1 Å². The molecule has 0 aliphatic heterocycles. The Kier molecular flexibility index (Phi) is 5.73. The molecule has 4 aromatic carbocycles. The van der Waals surface area contributed by atoms with Crippen molar-refractivity contribution in [1.82, 2.24) is 4.98 Å². The van der Waals surface area contributed by atoms with Crippen LogP contribution in [-0.4, -0.2) is 10.9 Å². The maximum atomic E-state index is 13.0. The molecule has 0 saturated carbocycles. The van der Waals surface area contributed by atoms with E-state index in [1.807, 2.05) is 66.7 Å². The van der Waals surface area contributed by atoms with Crippen LogP contribution in [0.3, 0.4) is 0 Å². The molecule has 33 heavy (non-hydrogen) atoms. The number of benzene rings is 4. The van der Waals surface area contributed by atoms with Gasteiger partial charge in [0.2, 0.25) is 5.89 Å². The van der Waals surface area contributed by atoms with Crippen molar-refractivity contribution in [2.24, 2.45) is 0 Å². The van der Waals surface area contributed by atoms with E-state index in [4.69, 9.17) is 4.42 Å². The second kappa shape index (κ2) is 8.83. The predicted octanol–water partition coefficient (Wildman–Crippen LogP) is 8.18. The third-order valence-electron chi connectivity index (χ3n) is 6.10. The van der Waals surface area contributed by atoms with Crippen molar-refractivity contribution in [3.05, 3.63) is 94.5 Å². The highest BCUT2D eigenvalue weighted by Crippen LogP contribution is 2.30. The van der Waals surface area contributed by atoms with Crippen LogP contribution < -0.4 is 5.32 Å². The van der Waals surface area contributed by atoms with Crippen LogP contribution >= 0.6 is 15.9 Å². The van der Waals surface area contributed by atoms with Crippen LogP contribution in [-0.2, 0) is 0 Å². The normalized spacial score (nSPS) is 12.2. The fraction of sp³-hybridized carbons (Fsp3) is 0.143. The standard InChI is InChI=1S/C28H23BrN2O2/c1-3-17(2)19-12-15-26-25(16-19)31-28(33-26)18-10-13-20(14-11-18)30-27(32)23-8-4-7-22-21(23)6-5-9-24(22)29/h4-17H,3H2,1-2H3,(H,30,32). The van der Waals surface area contributed by atoms with Crippen molar-refractivity contribution in [3.8, 4) is 11.5 Å². The van der Waals surface area contributed by atoms with Gasteiger partial charge in [0.25, 0.3) is 5.91 Å². The number of carbonyl (C=O) groups excluding carboxylic acids is 1. The van der Waals surface area contributed by atoms with Gasteiger partial charge < -0.3 is 9.73 Å². The van der Waals surface area contributed by atoms with Gasteiger partial charge >= 0.3 is 0 Å². The number of hydrogen-bond donors (Lipinski definition) is 1. The summed E-state index contributed by atoms with van der Waals surface area (Å²) in [5.74, 6) is 0.911. The molecule has 4 nitrogen and oxygen atoms in total. The van der Waals surface area contributed by atoms with Gasteiger partial charge in [0, 0.05) is 21.3 Å². The van der Waals surface area contributed by atoms with Gasteiger partial charge in [-0.3, -0.25) is 4.79 Å². The molecule has 1 atom stereocenters. The van der Waals surface area contributed by atoms with E-state index >= 15 is 0 Å². The molecule has 0 bridgehead atoms. The van der Waals surface area contributed by atoms with Crippen LogP contribution in [0, 0.1) is 0 Å². The minimum absolute atomic E-state index is 0.147.